The quantitative estimate of drug-likeness (QED) is 0.331. The topological polar surface area (TPSA) is 97.8 Å². The molecule has 1 amide bonds. The van der Waals surface area contributed by atoms with E-state index in [1.165, 1.54) is 6.92 Å². The number of Topliss-reactive ketones (excluding diaryl/α,β-unsaturated/α-hetero) is 1. The lowest BCUT2D eigenvalue weighted by Crippen LogP contribution is -2.68. The molecule has 1 aromatic rings. The number of amides is 1. The predicted octanol–water partition coefficient (Wildman–Crippen LogP) is 0.891. The maximum atomic E-state index is 12.9. The number of β-lactam (4-membered cyclic amide) rings is 1. The van der Waals surface area contributed by atoms with Gasteiger partial charge in [0.1, 0.15) is 12.0 Å². The summed E-state index contributed by atoms with van der Waals surface area (Å²) in [4.78, 5) is 37.0. The molecule has 0 radical (unpaired) electrons. The number of halogens is 1. The fraction of sp³-hybridized carbons (Fsp3) is 0.312. The number of hydrogen-bond acceptors (Lipinski definition) is 6. The second kappa shape index (κ2) is 6.27. The van der Waals surface area contributed by atoms with Crippen LogP contribution in [0.4, 0.5) is 0 Å². The Kier molecular flexibility index (Phi) is 4.42. The van der Waals surface area contributed by atoms with Crippen LogP contribution >= 0.6 is 11.6 Å². The summed E-state index contributed by atoms with van der Waals surface area (Å²) in [5.74, 6) is -2.29. The summed E-state index contributed by atoms with van der Waals surface area (Å²) >= 11 is 5.86. The molecular formula is C16H14ClNO6S. The fourth-order valence-electron chi connectivity index (χ4n) is 2.87. The van der Waals surface area contributed by atoms with E-state index in [1.807, 2.05) is 0 Å². The summed E-state index contributed by atoms with van der Waals surface area (Å²) in [5.41, 5.74) is 0.285. The van der Waals surface area contributed by atoms with Crippen molar-refractivity contribution in [2.24, 2.45) is 0 Å². The van der Waals surface area contributed by atoms with Crippen LogP contribution in [0.5, 0.6) is 0 Å². The van der Waals surface area contributed by atoms with Crippen molar-refractivity contribution in [2.75, 3.05) is 12.4 Å². The third kappa shape index (κ3) is 2.96. The molecule has 1 aromatic carbocycles. The highest BCUT2D eigenvalue weighted by Gasteiger charge is 2.59. The summed E-state index contributed by atoms with van der Waals surface area (Å²) in [6.45, 7) is 0.787. The van der Waals surface area contributed by atoms with Gasteiger partial charge in [0, 0.05) is 18.1 Å². The number of alkyl halides is 1. The summed E-state index contributed by atoms with van der Waals surface area (Å²) in [5, 5.41) is -2.50. The highest BCUT2D eigenvalue weighted by Crippen LogP contribution is 2.40. The first-order chi connectivity index (χ1) is 11.7. The molecule has 3 rings (SSSR count). The van der Waals surface area contributed by atoms with Crippen molar-refractivity contribution in [2.45, 2.75) is 17.7 Å². The molecule has 9 heteroatoms. The molecule has 2 aliphatic rings. The number of esters is 1. The summed E-state index contributed by atoms with van der Waals surface area (Å²) in [6, 6.07) is 8.14. The molecule has 2 aliphatic heterocycles. The van der Waals surface area contributed by atoms with E-state index in [-0.39, 0.29) is 17.9 Å². The number of ether oxygens (including phenoxy) is 1. The normalized spacial score (nSPS) is 24.4. The van der Waals surface area contributed by atoms with Gasteiger partial charge in [-0.15, -0.1) is 11.6 Å². The Labute approximate surface area is 149 Å². The lowest BCUT2D eigenvalue weighted by Gasteiger charge is -2.47. The fourth-order valence-corrected chi connectivity index (χ4v) is 5.45. The molecule has 0 aromatic heterocycles. The van der Waals surface area contributed by atoms with Crippen molar-refractivity contribution in [3.8, 4) is 0 Å². The maximum Gasteiger partial charge on any atom is 0.302 e. The zero-order valence-electron chi connectivity index (χ0n) is 13.1. The Bertz CT molecular complexity index is 892. The van der Waals surface area contributed by atoms with Gasteiger partial charge in [-0.05, 0) is 0 Å². The van der Waals surface area contributed by atoms with Crippen LogP contribution in [0.2, 0.25) is 0 Å². The number of allylic oxidation sites excluding steroid dienone is 1. The van der Waals surface area contributed by atoms with E-state index in [4.69, 9.17) is 16.3 Å². The van der Waals surface area contributed by atoms with E-state index in [0.717, 1.165) is 4.90 Å². The highest BCUT2D eigenvalue weighted by molar-refractivity contribution is 7.92. The molecule has 0 spiro atoms. The van der Waals surface area contributed by atoms with Gasteiger partial charge in [0.2, 0.25) is 11.7 Å². The van der Waals surface area contributed by atoms with Crippen LogP contribution in [0.25, 0.3) is 0 Å². The number of sulfone groups is 1. The molecule has 0 unspecified atom stereocenters. The van der Waals surface area contributed by atoms with Gasteiger partial charge in [0.05, 0.1) is 11.4 Å². The molecule has 0 N–H and O–H groups in total. The summed E-state index contributed by atoms with van der Waals surface area (Å²) < 4.78 is 29.7. The Morgan fingerprint density at radius 3 is 2.52 bits per heavy atom. The third-order valence-electron chi connectivity index (χ3n) is 4.00. The van der Waals surface area contributed by atoms with Gasteiger partial charge in [-0.2, -0.15) is 0 Å². The Hall–Kier alpha value is -2.19. The average Bonchev–Trinajstić information content (AvgIpc) is 2.58. The smallest absolute Gasteiger partial charge is 0.302 e. The molecule has 0 saturated carbocycles. The first-order valence-corrected chi connectivity index (χ1v) is 9.53. The van der Waals surface area contributed by atoms with E-state index < -0.39 is 44.0 Å². The van der Waals surface area contributed by atoms with Gasteiger partial charge < -0.3 is 4.74 Å². The van der Waals surface area contributed by atoms with Crippen LogP contribution in [0, 0.1) is 0 Å². The van der Waals surface area contributed by atoms with Gasteiger partial charge in [0.25, 0.3) is 0 Å². The SMILES string of the molecule is CC(=O)OCC1=C(C(=O)c2ccccc2)N2C(=O)[C@H](Cl)[C@H]2S(=O)(=O)C1. The highest BCUT2D eigenvalue weighted by atomic mass is 35.5. The standard InChI is InChI=1S/C16H14ClNO6S/c1-9(19)24-7-11-8-25(22,23)16-12(17)15(21)18(16)13(11)14(20)10-5-3-2-4-6-10/h2-6,12,16H,7-8H2,1H3/t12-,16+/m0/s1. The van der Waals surface area contributed by atoms with Crippen LogP contribution in [0.3, 0.4) is 0 Å². The molecule has 1 fully saturated rings. The lowest BCUT2D eigenvalue weighted by molar-refractivity contribution is -0.140. The number of nitrogens with zero attached hydrogens (tertiary/aromatic N) is 1. The van der Waals surface area contributed by atoms with Gasteiger partial charge >= 0.3 is 5.97 Å². The van der Waals surface area contributed by atoms with Crippen LogP contribution < -0.4 is 0 Å². The maximum absolute atomic E-state index is 12.9. The summed E-state index contributed by atoms with van der Waals surface area (Å²) in [6.07, 6.45) is 0. The van der Waals surface area contributed by atoms with Crippen molar-refractivity contribution in [1.29, 1.82) is 0 Å². The molecule has 1 saturated heterocycles. The van der Waals surface area contributed by atoms with Crippen LogP contribution in [-0.4, -0.2) is 54.1 Å². The number of ketones is 1. The molecule has 2 heterocycles. The van der Waals surface area contributed by atoms with E-state index in [9.17, 15) is 22.8 Å². The molecular weight excluding hydrogens is 370 g/mol. The molecule has 0 aliphatic carbocycles. The zero-order valence-corrected chi connectivity index (χ0v) is 14.7. The van der Waals surface area contributed by atoms with Gasteiger partial charge in [-0.25, -0.2) is 8.42 Å². The molecule has 25 heavy (non-hydrogen) atoms. The minimum Gasteiger partial charge on any atom is -0.461 e. The predicted molar refractivity (Wildman–Crippen MR) is 88.5 cm³/mol. The first kappa shape index (κ1) is 17.6. The average molecular weight is 384 g/mol. The van der Waals surface area contributed by atoms with Crippen molar-refractivity contribution >= 4 is 39.1 Å². The molecule has 7 nitrogen and oxygen atoms in total. The van der Waals surface area contributed by atoms with E-state index in [0.29, 0.717) is 5.56 Å². The zero-order chi connectivity index (χ0) is 18.4. The Balaban J connectivity index is 2.11. The molecule has 0 bridgehead atoms. The Morgan fingerprint density at radius 2 is 1.92 bits per heavy atom. The molecule has 2 atom stereocenters. The number of hydrogen-bond donors (Lipinski definition) is 0. The van der Waals surface area contributed by atoms with E-state index in [2.05, 4.69) is 0 Å². The number of benzene rings is 1. The minimum atomic E-state index is -3.78. The number of fused-ring (bicyclic) bond motifs is 1. The monoisotopic (exact) mass is 383 g/mol. The molecule has 132 valence electrons. The number of carbonyl (C=O) groups excluding carboxylic acids is 3. The number of rotatable bonds is 4. The second-order valence-corrected chi connectivity index (χ2v) is 8.30. The van der Waals surface area contributed by atoms with Gasteiger partial charge in [0.15, 0.2) is 15.2 Å². The van der Waals surface area contributed by atoms with Crippen molar-refractivity contribution in [3.05, 3.63) is 47.2 Å². The van der Waals surface area contributed by atoms with E-state index in [1.54, 1.807) is 30.3 Å². The van der Waals surface area contributed by atoms with Crippen LogP contribution in [-0.2, 0) is 24.2 Å². The van der Waals surface area contributed by atoms with Gasteiger partial charge in [-0.1, -0.05) is 30.3 Å². The third-order valence-corrected chi connectivity index (χ3v) is 6.54. The van der Waals surface area contributed by atoms with E-state index >= 15 is 0 Å². The Morgan fingerprint density at radius 1 is 1.28 bits per heavy atom. The lowest BCUT2D eigenvalue weighted by atomic mass is 10.00. The van der Waals surface area contributed by atoms with Crippen molar-refractivity contribution in [3.63, 3.8) is 0 Å². The largest absolute Gasteiger partial charge is 0.461 e. The van der Waals surface area contributed by atoms with Crippen molar-refractivity contribution < 1.29 is 27.5 Å². The summed E-state index contributed by atoms with van der Waals surface area (Å²) in [7, 11) is -3.78. The first-order valence-electron chi connectivity index (χ1n) is 7.38. The number of carbonyl (C=O) groups is 3. The minimum absolute atomic E-state index is 0.0669. The van der Waals surface area contributed by atoms with Gasteiger partial charge in [-0.3, -0.25) is 19.3 Å². The second-order valence-electron chi connectivity index (χ2n) is 5.74. The van der Waals surface area contributed by atoms with Crippen LogP contribution in [0.1, 0.15) is 17.3 Å². The van der Waals surface area contributed by atoms with Crippen LogP contribution in [0.15, 0.2) is 41.6 Å². The van der Waals surface area contributed by atoms with Crippen molar-refractivity contribution in [1.82, 2.24) is 4.90 Å².